The Morgan fingerprint density at radius 1 is 1.28 bits per heavy atom. The van der Waals surface area contributed by atoms with Gasteiger partial charge in [-0.15, -0.1) is 0 Å². The lowest BCUT2D eigenvalue weighted by atomic mass is 9.89. The molecule has 1 N–H and O–H groups in total. The number of carbonyl (C=O) groups is 1. The number of aromatic nitrogens is 1. The van der Waals surface area contributed by atoms with E-state index in [1.54, 1.807) is 13.3 Å². The van der Waals surface area contributed by atoms with E-state index in [-0.39, 0.29) is 11.9 Å². The molecule has 25 heavy (non-hydrogen) atoms. The second-order valence-corrected chi connectivity index (χ2v) is 6.92. The molecule has 1 aromatic heterocycles. The van der Waals surface area contributed by atoms with Crippen LogP contribution in [-0.2, 0) is 0 Å². The summed E-state index contributed by atoms with van der Waals surface area (Å²) in [6.07, 6.45) is 1.64. The molecule has 0 unspecified atom stereocenters. The van der Waals surface area contributed by atoms with Crippen LogP contribution >= 0.6 is 0 Å². The summed E-state index contributed by atoms with van der Waals surface area (Å²) in [5, 5.41) is 3.48. The number of ether oxygens (including phenoxy) is 1. The van der Waals surface area contributed by atoms with E-state index in [4.69, 9.17) is 4.74 Å². The number of fused-ring (bicyclic) bond motifs is 1. The van der Waals surface area contributed by atoms with E-state index >= 15 is 0 Å². The summed E-state index contributed by atoms with van der Waals surface area (Å²) in [6, 6.07) is 12.3. The lowest BCUT2D eigenvalue weighted by molar-refractivity contribution is 0.0710. The number of nitrogens with one attached hydrogen (secondary N) is 1. The first-order valence-corrected chi connectivity index (χ1v) is 8.76. The van der Waals surface area contributed by atoms with Crippen molar-refractivity contribution in [2.24, 2.45) is 11.8 Å². The molecule has 4 rings (SSSR count). The Morgan fingerprint density at radius 2 is 2.08 bits per heavy atom. The normalized spacial score (nSPS) is 25.0. The van der Waals surface area contributed by atoms with Gasteiger partial charge in [0, 0.05) is 31.2 Å². The van der Waals surface area contributed by atoms with Crippen LogP contribution in [0.15, 0.2) is 42.6 Å². The molecule has 0 saturated carbocycles. The lowest BCUT2D eigenvalue weighted by Gasteiger charge is -2.29. The van der Waals surface area contributed by atoms with Crippen LogP contribution < -0.4 is 10.1 Å². The minimum Gasteiger partial charge on any atom is -0.494 e. The van der Waals surface area contributed by atoms with Crippen molar-refractivity contribution in [3.8, 4) is 5.75 Å². The number of amides is 1. The van der Waals surface area contributed by atoms with E-state index in [2.05, 4.69) is 22.4 Å². The Balaban J connectivity index is 1.73. The number of methoxy groups -OCH3 is 1. The monoisotopic (exact) mass is 337 g/mol. The van der Waals surface area contributed by atoms with Gasteiger partial charge in [-0.1, -0.05) is 30.3 Å². The largest absolute Gasteiger partial charge is 0.494 e. The van der Waals surface area contributed by atoms with Gasteiger partial charge in [-0.05, 0) is 24.5 Å². The molecule has 0 aliphatic carbocycles. The molecule has 1 amide bonds. The summed E-state index contributed by atoms with van der Waals surface area (Å²) in [4.78, 5) is 19.7. The number of carbonyl (C=O) groups excluding carboxylic acids is 1. The van der Waals surface area contributed by atoms with Crippen LogP contribution in [0, 0.1) is 18.8 Å². The molecule has 5 nitrogen and oxygen atoms in total. The molecule has 2 saturated heterocycles. The Kier molecular flexibility index (Phi) is 4.17. The average Bonchev–Trinajstić information content (AvgIpc) is 3.22. The van der Waals surface area contributed by atoms with Crippen LogP contribution in [0.2, 0.25) is 0 Å². The fourth-order valence-electron chi connectivity index (χ4n) is 4.24. The first-order valence-electron chi connectivity index (χ1n) is 8.76. The predicted molar refractivity (Wildman–Crippen MR) is 95.6 cm³/mol. The van der Waals surface area contributed by atoms with Gasteiger partial charge in [0.1, 0.15) is 5.75 Å². The summed E-state index contributed by atoms with van der Waals surface area (Å²) in [5.74, 6) is 1.53. The van der Waals surface area contributed by atoms with Crippen LogP contribution in [-0.4, -0.2) is 42.5 Å². The molecule has 5 heteroatoms. The van der Waals surface area contributed by atoms with Gasteiger partial charge in [0.2, 0.25) is 0 Å². The summed E-state index contributed by atoms with van der Waals surface area (Å²) in [7, 11) is 1.58. The maximum Gasteiger partial charge on any atom is 0.258 e. The van der Waals surface area contributed by atoms with Crippen molar-refractivity contribution < 1.29 is 9.53 Å². The molecular formula is C20H23N3O2. The smallest absolute Gasteiger partial charge is 0.258 e. The van der Waals surface area contributed by atoms with E-state index in [0.29, 0.717) is 23.1 Å². The molecule has 3 heterocycles. The van der Waals surface area contributed by atoms with Crippen LogP contribution in [0.1, 0.15) is 27.7 Å². The SMILES string of the molecule is COc1cnc(C)cc1C(=O)N1C[C@@H]2CNC[C@@H]2[C@H]1c1ccccc1. The third-order valence-corrected chi connectivity index (χ3v) is 5.42. The summed E-state index contributed by atoms with van der Waals surface area (Å²) >= 11 is 0. The summed E-state index contributed by atoms with van der Waals surface area (Å²) < 4.78 is 5.39. The molecule has 3 atom stereocenters. The molecular weight excluding hydrogens is 314 g/mol. The third-order valence-electron chi connectivity index (χ3n) is 5.42. The lowest BCUT2D eigenvalue weighted by Crippen LogP contribution is -2.35. The van der Waals surface area contributed by atoms with Gasteiger partial charge < -0.3 is 15.0 Å². The fourth-order valence-corrected chi connectivity index (χ4v) is 4.24. The van der Waals surface area contributed by atoms with Gasteiger partial charge in [-0.3, -0.25) is 9.78 Å². The van der Waals surface area contributed by atoms with Gasteiger partial charge in [-0.25, -0.2) is 0 Å². The molecule has 0 radical (unpaired) electrons. The molecule has 2 aliphatic rings. The van der Waals surface area contributed by atoms with Gasteiger partial charge in [0.05, 0.1) is 24.9 Å². The second-order valence-electron chi connectivity index (χ2n) is 6.92. The standard InChI is InChI=1S/C20H23N3O2/c1-13-8-16(18(25-2)11-22-13)20(24)23-12-15-9-21-10-17(15)19(23)14-6-4-3-5-7-14/h3-8,11,15,17,19,21H,9-10,12H2,1-2H3/t15-,17-,19+/m0/s1. The topological polar surface area (TPSA) is 54.5 Å². The highest BCUT2D eigenvalue weighted by Crippen LogP contribution is 2.43. The van der Waals surface area contributed by atoms with Crippen molar-refractivity contribution in [3.63, 3.8) is 0 Å². The number of aryl methyl sites for hydroxylation is 1. The van der Waals surface area contributed by atoms with Crippen LogP contribution in [0.25, 0.3) is 0 Å². The highest BCUT2D eigenvalue weighted by atomic mass is 16.5. The van der Waals surface area contributed by atoms with Crippen molar-refractivity contribution in [3.05, 3.63) is 59.4 Å². The van der Waals surface area contributed by atoms with Crippen molar-refractivity contribution in [1.82, 2.24) is 15.2 Å². The van der Waals surface area contributed by atoms with Crippen LogP contribution in [0.3, 0.4) is 0 Å². The van der Waals surface area contributed by atoms with Gasteiger partial charge in [0.15, 0.2) is 0 Å². The quantitative estimate of drug-likeness (QED) is 0.935. The first kappa shape index (κ1) is 16.1. The minimum absolute atomic E-state index is 0.0330. The highest BCUT2D eigenvalue weighted by molar-refractivity contribution is 5.97. The zero-order valence-electron chi connectivity index (χ0n) is 14.6. The summed E-state index contributed by atoms with van der Waals surface area (Å²) in [6.45, 7) is 4.61. The van der Waals surface area contributed by atoms with Gasteiger partial charge >= 0.3 is 0 Å². The number of pyridine rings is 1. The predicted octanol–water partition coefficient (Wildman–Crippen LogP) is 2.43. The molecule has 2 fully saturated rings. The molecule has 2 aliphatic heterocycles. The number of hydrogen-bond acceptors (Lipinski definition) is 4. The number of nitrogens with zero attached hydrogens (tertiary/aromatic N) is 2. The van der Waals surface area contributed by atoms with E-state index in [0.717, 1.165) is 25.3 Å². The Morgan fingerprint density at radius 3 is 2.84 bits per heavy atom. The average molecular weight is 337 g/mol. The number of hydrogen-bond donors (Lipinski definition) is 1. The number of benzene rings is 1. The van der Waals surface area contributed by atoms with Gasteiger partial charge in [-0.2, -0.15) is 0 Å². The van der Waals surface area contributed by atoms with Crippen molar-refractivity contribution in [1.29, 1.82) is 0 Å². The maximum atomic E-state index is 13.4. The van der Waals surface area contributed by atoms with Crippen molar-refractivity contribution >= 4 is 5.91 Å². The van der Waals surface area contributed by atoms with E-state index in [1.165, 1.54) is 5.56 Å². The zero-order valence-corrected chi connectivity index (χ0v) is 14.6. The molecule has 0 spiro atoms. The molecule has 130 valence electrons. The van der Waals surface area contributed by atoms with E-state index in [1.807, 2.05) is 36.1 Å². The van der Waals surface area contributed by atoms with Crippen LogP contribution in [0.4, 0.5) is 0 Å². The molecule has 0 bridgehead atoms. The second kappa shape index (κ2) is 6.48. The highest BCUT2D eigenvalue weighted by Gasteiger charge is 2.47. The fraction of sp³-hybridized carbons (Fsp3) is 0.400. The van der Waals surface area contributed by atoms with Crippen molar-refractivity contribution in [2.45, 2.75) is 13.0 Å². The number of rotatable bonds is 3. The summed E-state index contributed by atoms with van der Waals surface area (Å²) in [5.41, 5.74) is 2.63. The Hall–Kier alpha value is -2.40. The molecule has 2 aromatic rings. The van der Waals surface area contributed by atoms with Gasteiger partial charge in [0.25, 0.3) is 5.91 Å². The molecule has 1 aromatic carbocycles. The third kappa shape index (κ3) is 2.78. The Bertz CT molecular complexity index is 778. The van der Waals surface area contributed by atoms with Crippen LogP contribution in [0.5, 0.6) is 5.75 Å². The first-order chi connectivity index (χ1) is 12.2. The Labute approximate surface area is 148 Å². The minimum atomic E-state index is 0.0330. The number of likely N-dealkylation sites (tertiary alicyclic amines) is 1. The van der Waals surface area contributed by atoms with E-state index in [9.17, 15) is 4.79 Å². The zero-order chi connectivity index (χ0) is 17.4. The van der Waals surface area contributed by atoms with Crippen molar-refractivity contribution in [2.75, 3.05) is 26.7 Å². The van der Waals surface area contributed by atoms with E-state index < -0.39 is 0 Å². The maximum absolute atomic E-state index is 13.4.